The normalized spacial score (nSPS) is 12.1. The van der Waals surface area contributed by atoms with Gasteiger partial charge in [-0.2, -0.15) is 0 Å². The smallest absolute Gasteiger partial charge is 1.00 e. The fourth-order valence-corrected chi connectivity index (χ4v) is 2.87. The van der Waals surface area contributed by atoms with E-state index in [2.05, 4.69) is 19.7 Å². The third-order valence-electron chi connectivity index (χ3n) is 4.69. The maximum absolute atomic E-state index is 12.0. The first kappa shape index (κ1) is 46.6. The second-order valence-corrected chi connectivity index (χ2v) is 10.9. The summed E-state index contributed by atoms with van der Waals surface area (Å²) in [4.78, 5) is 51.7. The number of hydroxylamine groups is 2. The van der Waals surface area contributed by atoms with Crippen molar-refractivity contribution in [1.29, 1.82) is 0 Å². The molecule has 0 aliphatic rings. The SMILES string of the molecule is C=CC(=O)C(CC(=O)OC(C)(C)C)C(C)C.CON(C)C(=O)C(CC(=O)OC(C)(C)C)C(C)C.[Br-].[CH-]=C.[Mg+2]. The van der Waals surface area contributed by atoms with E-state index in [1.54, 1.807) is 20.8 Å². The molecule has 0 aromatic heterocycles. The molecule has 0 fully saturated rings. The van der Waals surface area contributed by atoms with Crippen LogP contribution in [0.2, 0.25) is 0 Å². The fourth-order valence-electron chi connectivity index (χ4n) is 2.87. The van der Waals surface area contributed by atoms with E-state index >= 15 is 0 Å². The molecule has 38 heavy (non-hydrogen) atoms. The molecular weight excluding hydrogens is 567 g/mol. The van der Waals surface area contributed by atoms with E-state index < -0.39 is 17.1 Å². The maximum Gasteiger partial charge on any atom is 2.00 e. The van der Waals surface area contributed by atoms with Gasteiger partial charge in [-0.05, 0) is 59.5 Å². The number of ether oxygens (including phenoxy) is 2. The first-order valence-corrected chi connectivity index (χ1v) is 12.1. The number of allylic oxidation sites excluding steroid dienone is 1. The van der Waals surface area contributed by atoms with Crippen LogP contribution in [-0.4, -0.2) is 77.1 Å². The number of nitrogens with zero attached hydrogens (tertiary/aromatic N) is 1. The summed E-state index contributed by atoms with van der Waals surface area (Å²) in [5, 5.41) is 1.15. The maximum atomic E-state index is 12.0. The molecule has 2 atom stereocenters. The standard InChI is InChI=1S/C13H25NO4.C13H22O3.C2H3.BrH.Mg/c1-9(2)10(12(16)14(6)17-7)8-11(15)18-13(3,4)5;1-7-11(14)10(9(2)3)8-12(15)16-13(4,5)6;1-2;;/h9-10H,8H2,1-7H3;7,9-10H,1,8H2,2-6H3;1H,2H2;1H;/q;;-1;;+2/p-1. The molecule has 1 amide bonds. The first-order chi connectivity index (χ1) is 16.3. The van der Waals surface area contributed by atoms with E-state index in [4.69, 9.17) is 14.3 Å². The van der Waals surface area contributed by atoms with Gasteiger partial charge in [-0.15, -0.1) is 0 Å². The molecule has 0 aliphatic carbocycles. The van der Waals surface area contributed by atoms with Crippen LogP contribution >= 0.6 is 0 Å². The van der Waals surface area contributed by atoms with Crippen LogP contribution in [0.15, 0.2) is 19.2 Å². The van der Waals surface area contributed by atoms with E-state index in [0.29, 0.717) is 0 Å². The van der Waals surface area contributed by atoms with E-state index in [0.717, 1.165) is 5.06 Å². The molecule has 0 saturated carbocycles. The van der Waals surface area contributed by atoms with Crippen LogP contribution in [0.3, 0.4) is 0 Å². The molecular formula is C28H50BrMgNO7. The Labute approximate surface area is 258 Å². The summed E-state index contributed by atoms with van der Waals surface area (Å²) < 4.78 is 10.4. The molecule has 8 nitrogen and oxygen atoms in total. The van der Waals surface area contributed by atoms with E-state index in [1.807, 2.05) is 48.5 Å². The molecule has 0 rings (SSSR count). The number of rotatable bonds is 10. The van der Waals surface area contributed by atoms with Crippen molar-refractivity contribution in [3.8, 4) is 0 Å². The molecule has 2 unspecified atom stereocenters. The van der Waals surface area contributed by atoms with Crippen molar-refractivity contribution in [2.45, 2.75) is 93.3 Å². The molecule has 0 radical (unpaired) electrons. The van der Waals surface area contributed by atoms with Crippen LogP contribution in [0, 0.1) is 30.3 Å². The van der Waals surface area contributed by atoms with Crippen LogP contribution in [0.1, 0.15) is 82.1 Å². The van der Waals surface area contributed by atoms with Crippen molar-refractivity contribution in [3.63, 3.8) is 0 Å². The number of esters is 2. The Kier molecular flexibility index (Phi) is 27.7. The topological polar surface area (TPSA) is 99.2 Å². The summed E-state index contributed by atoms with van der Waals surface area (Å²) in [7, 11) is 2.95. The number of amides is 1. The van der Waals surface area contributed by atoms with Crippen molar-refractivity contribution in [1.82, 2.24) is 5.06 Å². The van der Waals surface area contributed by atoms with Gasteiger partial charge in [0.05, 0.1) is 25.9 Å². The summed E-state index contributed by atoms with van der Waals surface area (Å²) in [6.07, 6.45) is 1.47. The van der Waals surface area contributed by atoms with Crippen LogP contribution in [0.4, 0.5) is 0 Å². The second-order valence-electron chi connectivity index (χ2n) is 10.9. The van der Waals surface area contributed by atoms with Gasteiger partial charge in [0.1, 0.15) is 11.2 Å². The molecule has 0 aromatic carbocycles. The van der Waals surface area contributed by atoms with Gasteiger partial charge in [0.25, 0.3) is 0 Å². The first-order valence-electron chi connectivity index (χ1n) is 12.1. The van der Waals surface area contributed by atoms with Gasteiger partial charge in [-0.3, -0.25) is 30.6 Å². The molecule has 0 aliphatic heterocycles. The number of hydrogen-bond acceptors (Lipinski definition) is 7. The van der Waals surface area contributed by atoms with Crippen molar-refractivity contribution < 1.29 is 50.5 Å². The molecule has 0 spiro atoms. The molecule has 0 N–H and O–H groups in total. The van der Waals surface area contributed by atoms with Gasteiger partial charge < -0.3 is 33.0 Å². The van der Waals surface area contributed by atoms with Crippen molar-refractivity contribution in [2.75, 3.05) is 14.2 Å². The Bertz CT molecular complexity index is 713. The predicted molar refractivity (Wildman–Crippen MR) is 148 cm³/mol. The minimum absolute atomic E-state index is 0. The average Bonchev–Trinajstić information content (AvgIpc) is 2.73. The number of ketones is 1. The Balaban J connectivity index is -0.000000172. The molecule has 0 saturated heterocycles. The minimum atomic E-state index is -0.533. The summed E-state index contributed by atoms with van der Waals surface area (Å²) >= 11 is 0. The second kappa shape index (κ2) is 22.6. The molecule has 0 heterocycles. The monoisotopic (exact) mass is 615 g/mol. The molecule has 10 heteroatoms. The summed E-state index contributed by atoms with van der Waals surface area (Å²) in [5.74, 6) is -1.60. The molecule has 0 bridgehead atoms. The van der Waals surface area contributed by atoms with Gasteiger partial charge in [0.2, 0.25) is 5.91 Å². The third-order valence-corrected chi connectivity index (χ3v) is 4.69. The zero-order chi connectivity index (χ0) is 29.4. The zero-order valence-corrected chi connectivity index (χ0v) is 28.7. The predicted octanol–water partition coefficient (Wildman–Crippen LogP) is 1.98. The number of carbonyl (C=O) groups excluding carboxylic acids is 4. The largest absolute Gasteiger partial charge is 2.00 e. The van der Waals surface area contributed by atoms with Gasteiger partial charge >= 0.3 is 35.0 Å². The number of halogens is 1. The Morgan fingerprint density at radius 1 is 0.816 bits per heavy atom. The van der Waals surface area contributed by atoms with Gasteiger partial charge in [-0.25, -0.2) is 5.06 Å². The van der Waals surface area contributed by atoms with Crippen molar-refractivity contribution in [3.05, 3.63) is 25.8 Å². The van der Waals surface area contributed by atoms with E-state index in [-0.39, 0.29) is 94.3 Å². The summed E-state index contributed by atoms with van der Waals surface area (Å²) in [5.41, 5.74) is -1.04. The van der Waals surface area contributed by atoms with Crippen molar-refractivity contribution >= 4 is 46.7 Å². The Morgan fingerprint density at radius 3 is 1.37 bits per heavy atom. The summed E-state index contributed by atoms with van der Waals surface area (Å²) in [6, 6.07) is 0. The van der Waals surface area contributed by atoms with Crippen LogP contribution < -0.4 is 17.0 Å². The van der Waals surface area contributed by atoms with Crippen LogP contribution in [0.25, 0.3) is 0 Å². The van der Waals surface area contributed by atoms with Crippen LogP contribution in [-0.2, 0) is 33.5 Å². The fraction of sp³-hybridized carbons (Fsp3) is 0.714. The summed E-state index contributed by atoms with van der Waals surface area (Å²) in [6.45, 7) is 28.9. The minimum Gasteiger partial charge on any atom is -1.00 e. The number of hydrogen-bond donors (Lipinski definition) is 0. The Morgan fingerprint density at radius 2 is 1.13 bits per heavy atom. The van der Waals surface area contributed by atoms with Gasteiger partial charge in [0.15, 0.2) is 5.78 Å². The zero-order valence-electron chi connectivity index (χ0n) is 25.7. The van der Waals surface area contributed by atoms with Crippen molar-refractivity contribution in [2.24, 2.45) is 23.7 Å². The Hall–Kier alpha value is -1.23. The average molecular weight is 617 g/mol. The molecule has 218 valence electrons. The number of carbonyl (C=O) groups is 4. The third kappa shape index (κ3) is 23.9. The van der Waals surface area contributed by atoms with E-state index in [1.165, 1.54) is 20.2 Å². The van der Waals surface area contributed by atoms with E-state index in [9.17, 15) is 19.2 Å². The quantitative estimate of drug-likeness (QED) is 0.122. The molecule has 0 aromatic rings. The van der Waals surface area contributed by atoms with Gasteiger partial charge in [-0.1, -0.05) is 34.3 Å². The van der Waals surface area contributed by atoms with Crippen LogP contribution in [0.5, 0.6) is 0 Å². The van der Waals surface area contributed by atoms with Gasteiger partial charge in [0, 0.05) is 13.0 Å².